The lowest BCUT2D eigenvalue weighted by Gasteiger charge is -2.25. The van der Waals surface area contributed by atoms with Gasteiger partial charge >= 0.3 is 7.82 Å². The fraction of sp³-hybridized carbons (Fsp3) is 0.925. The summed E-state index contributed by atoms with van der Waals surface area (Å²) in [5, 5.41) is 13.6. The minimum absolute atomic E-state index is 0.0632. The summed E-state index contributed by atoms with van der Waals surface area (Å²) in [6.45, 7) is 4.69. The molecule has 0 bridgehead atoms. The Morgan fingerprint density at radius 2 is 1.08 bits per heavy atom. The fourth-order valence-electron chi connectivity index (χ4n) is 5.92. The molecule has 0 aromatic carbocycles. The summed E-state index contributed by atoms with van der Waals surface area (Å²) in [6, 6.07) is -0.836. The van der Waals surface area contributed by atoms with Crippen LogP contribution in [0.2, 0.25) is 0 Å². The average molecular weight is 718 g/mol. The number of phosphoric acid groups is 1. The van der Waals surface area contributed by atoms with Crippen LogP contribution in [0, 0.1) is 0 Å². The number of likely N-dealkylation sites (N-methyl/N-ethyl adjacent to an activating group) is 1. The van der Waals surface area contributed by atoms with Gasteiger partial charge in [-0.05, 0) is 19.3 Å². The Labute approximate surface area is 303 Å². The topological polar surface area (TPSA) is 105 Å². The van der Waals surface area contributed by atoms with Crippen molar-refractivity contribution in [3.05, 3.63) is 12.2 Å². The smallest absolute Gasteiger partial charge is 0.387 e. The van der Waals surface area contributed by atoms with Crippen molar-refractivity contribution in [3.8, 4) is 0 Å². The van der Waals surface area contributed by atoms with E-state index < -0.39 is 20.0 Å². The predicted octanol–water partition coefficient (Wildman–Crippen LogP) is 10.8. The molecule has 0 aliphatic carbocycles. The van der Waals surface area contributed by atoms with Crippen LogP contribution in [0.25, 0.3) is 0 Å². The number of aliphatic hydroxyl groups excluding tert-OH is 1. The van der Waals surface area contributed by atoms with Crippen LogP contribution in [-0.2, 0) is 18.4 Å². The third-order valence-electron chi connectivity index (χ3n) is 9.26. The van der Waals surface area contributed by atoms with Crippen LogP contribution in [0.1, 0.15) is 187 Å². The van der Waals surface area contributed by atoms with Gasteiger partial charge in [0, 0.05) is 6.42 Å². The average Bonchev–Trinajstić information content (AvgIpc) is 3.04. The van der Waals surface area contributed by atoms with E-state index in [-0.39, 0.29) is 19.1 Å². The van der Waals surface area contributed by atoms with Gasteiger partial charge < -0.3 is 19.8 Å². The first-order valence-electron chi connectivity index (χ1n) is 20.6. The third-order valence-corrected chi connectivity index (χ3v) is 10.2. The fourth-order valence-corrected chi connectivity index (χ4v) is 6.66. The monoisotopic (exact) mass is 718 g/mol. The van der Waals surface area contributed by atoms with Crippen molar-refractivity contribution >= 4 is 13.7 Å². The number of nitrogens with zero attached hydrogens (tertiary/aromatic N) is 1. The van der Waals surface area contributed by atoms with Crippen molar-refractivity contribution in [1.29, 1.82) is 0 Å². The molecule has 292 valence electrons. The highest BCUT2D eigenvalue weighted by atomic mass is 31.2. The first-order chi connectivity index (χ1) is 23.5. The summed E-state index contributed by atoms with van der Waals surface area (Å²) in [6.07, 6.45) is 36.3. The van der Waals surface area contributed by atoms with Gasteiger partial charge in [0.15, 0.2) is 0 Å². The summed E-state index contributed by atoms with van der Waals surface area (Å²) >= 11 is 0. The van der Waals surface area contributed by atoms with Gasteiger partial charge in [0.05, 0.1) is 39.9 Å². The highest BCUT2D eigenvalue weighted by Crippen LogP contribution is 2.43. The molecule has 0 aliphatic heterocycles. The molecule has 0 aromatic rings. The third kappa shape index (κ3) is 35.4. The molecule has 0 aromatic heterocycles. The predicted molar refractivity (Wildman–Crippen MR) is 208 cm³/mol. The van der Waals surface area contributed by atoms with E-state index in [2.05, 4.69) is 19.2 Å². The Hall–Kier alpha value is -0.760. The van der Waals surface area contributed by atoms with Gasteiger partial charge in [0.2, 0.25) is 5.91 Å². The maximum atomic E-state index is 12.5. The molecule has 0 heterocycles. The van der Waals surface area contributed by atoms with Gasteiger partial charge in [-0.25, -0.2) is 4.57 Å². The number of rotatable bonds is 37. The van der Waals surface area contributed by atoms with Crippen LogP contribution >= 0.6 is 7.82 Å². The van der Waals surface area contributed by atoms with E-state index >= 15 is 0 Å². The quantitative estimate of drug-likeness (QED) is 0.0256. The van der Waals surface area contributed by atoms with Gasteiger partial charge in [-0.3, -0.25) is 13.8 Å². The number of phosphoric ester groups is 1. The zero-order valence-electron chi connectivity index (χ0n) is 32.9. The number of hydrogen-bond acceptors (Lipinski definition) is 5. The Morgan fingerprint density at radius 1 is 0.673 bits per heavy atom. The number of aliphatic hydroxyl groups is 1. The van der Waals surface area contributed by atoms with Crippen molar-refractivity contribution in [1.82, 2.24) is 5.32 Å². The molecular weight excluding hydrogens is 635 g/mol. The number of unbranched alkanes of at least 4 members (excludes halogenated alkanes) is 24. The van der Waals surface area contributed by atoms with Crippen molar-refractivity contribution < 1.29 is 32.9 Å². The van der Waals surface area contributed by atoms with E-state index in [9.17, 15) is 19.4 Å². The second-order valence-electron chi connectivity index (χ2n) is 15.4. The standard InChI is InChI=1S/C40H81N2O6P/c1-6-8-10-12-13-14-15-16-17-18-19-20-21-22-23-24-25-26-27-28-29-30-31-33-39(43)38(41-40(44)34-32-11-9-7-2)37-48-49(45,46)47-36-35-42(3,4)5/h31,33,38-39,43H,6-30,32,34-37H2,1-5H3,(H-,41,44,45,46)/p+1/b33-31+. The number of amides is 1. The molecule has 9 heteroatoms. The van der Waals surface area contributed by atoms with Crippen molar-refractivity contribution in [2.24, 2.45) is 0 Å². The lowest BCUT2D eigenvalue weighted by atomic mass is 10.0. The van der Waals surface area contributed by atoms with Crippen LogP contribution in [0.4, 0.5) is 0 Å². The molecule has 0 radical (unpaired) electrons. The van der Waals surface area contributed by atoms with Crippen LogP contribution in [0.5, 0.6) is 0 Å². The van der Waals surface area contributed by atoms with E-state index in [0.717, 1.165) is 38.5 Å². The SMILES string of the molecule is CCCCCCCCCCCCCCCCCCCCCCC/C=C/C(O)C(COP(=O)(O)OCC[N+](C)(C)C)NC(=O)CCCCCC. The molecule has 3 N–H and O–H groups in total. The minimum Gasteiger partial charge on any atom is -0.387 e. The molecule has 3 atom stereocenters. The molecule has 0 spiro atoms. The number of allylic oxidation sites excluding steroid dienone is 1. The molecule has 0 saturated carbocycles. The normalized spacial score (nSPS) is 14.7. The Morgan fingerprint density at radius 3 is 1.51 bits per heavy atom. The number of hydrogen-bond donors (Lipinski definition) is 3. The molecule has 49 heavy (non-hydrogen) atoms. The van der Waals surface area contributed by atoms with E-state index in [4.69, 9.17) is 9.05 Å². The van der Waals surface area contributed by atoms with Crippen LogP contribution in [0.3, 0.4) is 0 Å². The van der Waals surface area contributed by atoms with Gasteiger partial charge in [0.1, 0.15) is 13.2 Å². The second-order valence-corrected chi connectivity index (χ2v) is 16.8. The zero-order chi connectivity index (χ0) is 36.5. The first kappa shape index (κ1) is 48.2. The van der Waals surface area contributed by atoms with E-state index in [1.165, 1.54) is 128 Å². The molecule has 0 saturated heterocycles. The molecule has 0 aliphatic rings. The van der Waals surface area contributed by atoms with Gasteiger partial charge in [-0.1, -0.05) is 174 Å². The first-order valence-corrected chi connectivity index (χ1v) is 22.1. The Kier molecular flexibility index (Phi) is 32.6. The number of carbonyl (C=O) groups is 1. The molecule has 0 fully saturated rings. The maximum Gasteiger partial charge on any atom is 0.472 e. The number of quaternary nitrogens is 1. The second kappa shape index (κ2) is 33.1. The molecule has 1 amide bonds. The summed E-state index contributed by atoms with van der Waals surface area (Å²) in [5.41, 5.74) is 0. The van der Waals surface area contributed by atoms with Crippen LogP contribution in [0.15, 0.2) is 12.2 Å². The largest absolute Gasteiger partial charge is 0.472 e. The summed E-state index contributed by atoms with van der Waals surface area (Å²) in [5.74, 6) is -0.194. The van der Waals surface area contributed by atoms with Gasteiger partial charge in [-0.2, -0.15) is 0 Å². The number of carbonyl (C=O) groups excluding carboxylic acids is 1. The van der Waals surface area contributed by atoms with E-state index in [0.29, 0.717) is 17.4 Å². The van der Waals surface area contributed by atoms with Crippen LogP contribution < -0.4 is 5.32 Å². The Bertz CT molecular complexity index is 819. The molecule has 0 rings (SSSR count). The van der Waals surface area contributed by atoms with E-state index in [1.54, 1.807) is 6.08 Å². The summed E-state index contributed by atoms with van der Waals surface area (Å²) < 4.78 is 23.3. The lowest BCUT2D eigenvalue weighted by Crippen LogP contribution is -2.45. The highest BCUT2D eigenvalue weighted by Gasteiger charge is 2.27. The minimum atomic E-state index is -4.31. The summed E-state index contributed by atoms with van der Waals surface area (Å²) in [4.78, 5) is 22.7. The van der Waals surface area contributed by atoms with Gasteiger partial charge in [-0.15, -0.1) is 0 Å². The lowest BCUT2D eigenvalue weighted by molar-refractivity contribution is -0.870. The molecule has 3 unspecified atom stereocenters. The van der Waals surface area contributed by atoms with Gasteiger partial charge in [0.25, 0.3) is 0 Å². The van der Waals surface area contributed by atoms with Crippen molar-refractivity contribution in [2.45, 2.75) is 199 Å². The highest BCUT2D eigenvalue weighted by molar-refractivity contribution is 7.47. The molecule has 8 nitrogen and oxygen atoms in total. The molecular formula is C40H82N2O6P+. The van der Waals surface area contributed by atoms with Crippen LogP contribution in [-0.4, -0.2) is 73.4 Å². The Balaban J connectivity index is 4.08. The van der Waals surface area contributed by atoms with Crippen molar-refractivity contribution in [3.63, 3.8) is 0 Å². The van der Waals surface area contributed by atoms with Crippen molar-refractivity contribution in [2.75, 3.05) is 40.9 Å². The summed E-state index contributed by atoms with van der Waals surface area (Å²) in [7, 11) is 1.57. The van der Waals surface area contributed by atoms with E-state index in [1.807, 2.05) is 27.2 Å². The zero-order valence-corrected chi connectivity index (χ0v) is 33.8. The maximum absolute atomic E-state index is 12.5. The number of nitrogens with one attached hydrogen (secondary N) is 1.